The van der Waals surface area contributed by atoms with Crippen LogP contribution in [-0.4, -0.2) is 21.8 Å². The highest BCUT2D eigenvalue weighted by molar-refractivity contribution is 7.99. The number of thioether (sulfide) groups is 1. The molecule has 1 aliphatic heterocycles. The van der Waals surface area contributed by atoms with Gasteiger partial charge in [-0.3, -0.25) is 5.32 Å². The zero-order valence-corrected chi connectivity index (χ0v) is 11.7. The van der Waals surface area contributed by atoms with Crippen molar-refractivity contribution in [2.24, 2.45) is 0 Å². The molecular weight excluding hydrogens is 293 g/mol. The second kappa shape index (κ2) is 5.93. The second-order valence-corrected chi connectivity index (χ2v) is 5.21. The lowest BCUT2D eigenvalue weighted by Crippen LogP contribution is -2.14. The zero-order chi connectivity index (χ0) is 11.7. The molecule has 0 radical (unpaired) electrons. The van der Waals surface area contributed by atoms with Crippen LogP contribution in [0, 0.1) is 0 Å². The summed E-state index contributed by atoms with van der Waals surface area (Å²) in [6.07, 6.45) is 0. The molecule has 2 aromatic rings. The number of rotatable bonds is 2. The van der Waals surface area contributed by atoms with E-state index in [0.717, 1.165) is 17.2 Å². The maximum atomic E-state index is 5.93. The highest BCUT2D eigenvalue weighted by Crippen LogP contribution is 2.25. The molecule has 1 unspecified atom stereocenters. The standard InChI is InChI=1S/C11H10ClN3OS.ClH/c12-8-3-1-2-7(4-8)10-14-11(16-15-10)9-5-17-6-13-9;/h1-4,9,13H,5-6H2;1H. The van der Waals surface area contributed by atoms with Gasteiger partial charge in [0.05, 0.1) is 6.04 Å². The van der Waals surface area contributed by atoms with Crippen LogP contribution in [0.2, 0.25) is 5.02 Å². The Morgan fingerprint density at radius 2 is 2.33 bits per heavy atom. The van der Waals surface area contributed by atoms with Crippen LogP contribution in [0.25, 0.3) is 11.4 Å². The largest absolute Gasteiger partial charge is 0.337 e. The average Bonchev–Trinajstić information content (AvgIpc) is 3.00. The quantitative estimate of drug-likeness (QED) is 0.923. The van der Waals surface area contributed by atoms with Crippen molar-refractivity contribution < 1.29 is 4.52 Å². The van der Waals surface area contributed by atoms with E-state index < -0.39 is 0 Å². The van der Waals surface area contributed by atoms with Crippen molar-refractivity contribution in [3.05, 3.63) is 35.2 Å². The molecule has 0 saturated carbocycles. The fourth-order valence-electron chi connectivity index (χ4n) is 1.68. The van der Waals surface area contributed by atoms with Gasteiger partial charge in [0.25, 0.3) is 0 Å². The molecule has 1 saturated heterocycles. The van der Waals surface area contributed by atoms with Gasteiger partial charge in [0, 0.05) is 22.2 Å². The molecule has 7 heteroatoms. The van der Waals surface area contributed by atoms with E-state index >= 15 is 0 Å². The van der Waals surface area contributed by atoms with Gasteiger partial charge < -0.3 is 4.52 Å². The van der Waals surface area contributed by atoms with Crippen LogP contribution in [0.3, 0.4) is 0 Å². The van der Waals surface area contributed by atoms with Crippen LogP contribution < -0.4 is 5.32 Å². The van der Waals surface area contributed by atoms with Crippen LogP contribution >= 0.6 is 35.8 Å². The van der Waals surface area contributed by atoms with Crippen molar-refractivity contribution in [3.63, 3.8) is 0 Å². The molecule has 18 heavy (non-hydrogen) atoms. The number of hydrogen-bond donors (Lipinski definition) is 1. The fraction of sp³-hybridized carbons (Fsp3) is 0.273. The number of halogens is 2. The lowest BCUT2D eigenvalue weighted by molar-refractivity contribution is 0.351. The molecule has 0 bridgehead atoms. The first kappa shape index (κ1) is 13.7. The van der Waals surface area contributed by atoms with Gasteiger partial charge in [-0.2, -0.15) is 4.98 Å². The molecule has 96 valence electrons. The minimum atomic E-state index is 0. The molecule has 0 amide bonds. The first-order valence-electron chi connectivity index (χ1n) is 5.23. The Kier molecular flexibility index (Phi) is 4.50. The Morgan fingerprint density at radius 3 is 3.06 bits per heavy atom. The smallest absolute Gasteiger partial charge is 0.244 e. The minimum absolute atomic E-state index is 0. The molecule has 1 aromatic carbocycles. The first-order chi connectivity index (χ1) is 8.33. The Morgan fingerprint density at radius 1 is 1.44 bits per heavy atom. The first-order valence-corrected chi connectivity index (χ1v) is 6.77. The molecule has 1 atom stereocenters. The summed E-state index contributed by atoms with van der Waals surface area (Å²) >= 11 is 7.75. The van der Waals surface area contributed by atoms with Crippen LogP contribution in [0.5, 0.6) is 0 Å². The van der Waals surface area contributed by atoms with E-state index in [2.05, 4.69) is 15.5 Å². The Labute approximate surface area is 120 Å². The van der Waals surface area contributed by atoms with Gasteiger partial charge in [-0.15, -0.1) is 24.2 Å². The van der Waals surface area contributed by atoms with Crippen molar-refractivity contribution >= 4 is 35.8 Å². The van der Waals surface area contributed by atoms with Gasteiger partial charge in [-0.1, -0.05) is 28.9 Å². The highest BCUT2D eigenvalue weighted by Gasteiger charge is 2.23. The molecule has 1 fully saturated rings. The molecule has 0 aliphatic carbocycles. The van der Waals surface area contributed by atoms with E-state index in [9.17, 15) is 0 Å². The van der Waals surface area contributed by atoms with Gasteiger partial charge in [-0.25, -0.2) is 0 Å². The molecule has 0 spiro atoms. The van der Waals surface area contributed by atoms with Gasteiger partial charge in [0.2, 0.25) is 11.7 Å². The Hall–Kier alpha value is -0.750. The van der Waals surface area contributed by atoms with Crippen LogP contribution in [0.15, 0.2) is 28.8 Å². The maximum Gasteiger partial charge on any atom is 0.244 e. The molecule has 3 rings (SSSR count). The lowest BCUT2D eigenvalue weighted by atomic mass is 10.2. The summed E-state index contributed by atoms with van der Waals surface area (Å²) in [6, 6.07) is 7.60. The third-order valence-electron chi connectivity index (χ3n) is 2.54. The zero-order valence-electron chi connectivity index (χ0n) is 9.30. The summed E-state index contributed by atoms with van der Waals surface area (Å²) in [6.45, 7) is 0. The fourth-order valence-corrected chi connectivity index (χ4v) is 2.80. The van der Waals surface area contributed by atoms with E-state index in [-0.39, 0.29) is 18.4 Å². The SMILES string of the molecule is Cl.Clc1cccc(-c2noc(C3CSCN3)n2)c1. The van der Waals surface area contributed by atoms with E-state index in [4.69, 9.17) is 16.1 Å². The third-order valence-corrected chi connectivity index (χ3v) is 3.71. The predicted molar refractivity (Wildman–Crippen MR) is 75.2 cm³/mol. The topological polar surface area (TPSA) is 51.0 Å². The Bertz CT molecular complexity index is 529. The van der Waals surface area contributed by atoms with E-state index in [0.29, 0.717) is 16.7 Å². The molecule has 2 heterocycles. The third kappa shape index (κ3) is 2.80. The number of hydrogen-bond acceptors (Lipinski definition) is 5. The van der Waals surface area contributed by atoms with Crippen LogP contribution in [-0.2, 0) is 0 Å². The second-order valence-electron chi connectivity index (χ2n) is 3.74. The predicted octanol–water partition coefficient (Wildman–Crippen LogP) is 3.15. The summed E-state index contributed by atoms with van der Waals surface area (Å²) in [7, 11) is 0. The van der Waals surface area contributed by atoms with Crippen molar-refractivity contribution in [1.82, 2.24) is 15.5 Å². The van der Waals surface area contributed by atoms with E-state index in [1.165, 1.54) is 0 Å². The van der Waals surface area contributed by atoms with E-state index in [1.807, 2.05) is 36.0 Å². The van der Waals surface area contributed by atoms with Gasteiger partial charge in [0.15, 0.2) is 0 Å². The maximum absolute atomic E-state index is 5.93. The van der Waals surface area contributed by atoms with Gasteiger partial charge in [0.1, 0.15) is 0 Å². The van der Waals surface area contributed by atoms with Crippen LogP contribution in [0.1, 0.15) is 11.9 Å². The number of nitrogens with zero attached hydrogens (tertiary/aromatic N) is 2. The van der Waals surface area contributed by atoms with E-state index in [1.54, 1.807) is 0 Å². The number of benzene rings is 1. The minimum Gasteiger partial charge on any atom is -0.337 e. The van der Waals surface area contributed by atoms with Gasteiger partial charge in [-0.05, 0) is 12.1 Å². The van der Waals surface area contributed by atoms with Crippen molar-refractivity contribution in [2.45, 2.75) is 6.04 Å². The average molecular weight is 304 g/mol. The molecular formula is C11H11Cl2N3OS. The summed E-state index contributed by atoms with van der Waals surface area (Å²) < 4.78 is 5.26. The number of nitrogens with one attached hydrogen (secondary N) is 1. The van der Waals surface area contributed by atoms with Crippen molar-refractivity contribution in [1.29, 1.82) is 0 Å². The molecule has 1 N–H and O–H groups in total. The molecule has 1 aromatic heterocycles. The molecule has 1 aliphatic rings. The Balaban J connectivity index is 0.00000120. The van der Waals surface area contributed by atoms with Crippen molar-refractivity contribution in [2.75, 3.05) is 11.6 Å². The summed E-state index contributed by atoms with van der Waals surface area (Å²) in [5.41, 5.74) is 0.873. The normalized spacial score (nSPS) is 18.6. The lowest BCUT2D eigenvalue weighted by Gasteiger charge is -2.00. The summed E-state index contributed by atoms with van der Waals surface area (Å²) in [4.78, 5) is 4.39. The highest BCUT2D eigenvalue weighted by atomic mass is 35.5. The van der Waals surface area contributed by atoms with Gasteiger partial charge >= 0.3 is 0 Å². The summed E-state index contributed by atoms with van der Waals surface area (Å²) in [5.74, 6) is 3.13. The molecule has 4 nitrogen and oxygen atoms in total. The number of aromatic nitrogens is 2. The summed E-state index contributed by atoms with van der Waals surface area (Å²) in [5, 5.41) is 7.94. The monoisotopic (exact) mass is 303 g/mol. The van der Waals surface area contributed by atoms with Crippen LogP contribution in [0.4, 0.5) is 0 Å². The van der Waals surface area contributed by atoms with Crippen molar-refractivity contribution in [3.8, 4) is 11.4 Å².